The highest BCUT2D eigenvalue weighted by atomic mass is 32.2. The summed E-state index contributed by atoms with van der Waals surface area (Å²) in [6.07, 6.45) is -0.0447. The van der Waals surface area contributed by atoms with E-state index in [1.165, 1.54) is 6.92 Å². The molecule has 0 aromatic carbocycles. The molecule has 0 spiro atoms. The molecule has 1 fully saturated rings. The first-order chi connectivity index (χ1) is 20.3. The lowest BCUT2D eigenvalue weighted by Gasteiger charge is -2.34. The molecule has 15 heteroatoms. The molecular weight excluding hydrogens is 608 g/mol. The van der Waals surface area contributed by atoms with Gasteiger partial charge < -0.3 is 19.5 Å². The number of amides is 1. The second kappa shape index (κ2) is 17.0. The lowest BCUT2D eigenvalue weighted by molar-refractivity contribution is -0.163. The van der Waals surface area contributed by atoms with Crippen molar-refractivity contribution < 1.29 is 46.4 Å². The minimum atomic E-state index is -4.28. The van der Waals surface area contributed by atoms with Gasteiger partial charge in [0.05, 0.1) is 18.8 Å². The summed E-state index contributed by atoms with van der Waals surface area (Å²) in [7, 11) is -4.28. The Morgan fingerprint density at radius 3 is 1.51 bits per heavy atom. The van der Waals surface area contributed by atoms with Crippen LogP contribution >= 0.6 is 0 Å². The van der Waals surface area contributed by atoms with Crippen molar-refractivity contribution in [2.45, 2.75) is 111 Å². The predicted molar refractivity (Wildman–Crippen MR) is 169 cm³/mol. The monoisotopic (exact) mass is 664 g/mol. The molecule has 45 heavy (non-hydrogen) atoms. The molecule has 2 unspecified atom stereocenters. The third kappa shape index (κ3) is 19.7. The van der Waals surface area contributed by atoms with Crippen molar-refractivity contribution in [3.8, 4) is 0 Å². The van der Waals surface area contributed by atoms with Crippen LogP contribution in [0.15, 0.2) is 0 Å². The molecule has 0 aromatic rings. The fourth-order valence-corrected chi connectivity index (χ4v) is 5.41. The average molecular weight is 665 g/mol. The van der Waals surface area contributed by atoms with E-state index in [1.54, 1.807) is 62.3 Å². The lowest BCUT2D eigenvalue weighted by atomic mass is 10.1. The molecule has 1 saturated heterocycles. The summed E-state index contributed by atoms with van der Waals surface area (Å²) in [5.41, 5.74) is -2.12. The third-order valence-electron chi connectivity index (χ3n) is 6.32. The normalized spacial score (nSPS) is 18.1. The number of nitrogens with zero attached hydrogens (tertiary/aromatic N) is 3. The molecule has 0 aromatic heterocycles. The van der Waals surface area contributed by atoms with Gasteiger partial charge in [-0.2, -0.15) is 8.42 Å². The van der Waals surface area contributed by atoms with E-state index < -0.39 is 68.6 Å². The maximum Gasteiger partial charge on any atom is 0.323 e. The Hall–Kier alpha value is -2.33. The van der Waals surface area contributed by atoms with E-state index in [-0.39, 0.29) is 25.9 Å². The Kier molecular flexibility index (Phi) is 15.4. The number of esters is 3. The largest absolute Gasteiger partial charge is 0.459 e. The highest BCUT2D eigenvalue weighted by Gasteiger charge is 2.33. The topological polar surface area (TPSA) is 172 Å². The fraction of sp³-hybridized carbons (Fsp3) is 0.867. The molecule has 0 saturated carbocycles. The van der Waals surface area contributed by atoms with E-state index in [0.717, 1.165) is 0 Å². The first-order valence-corrected chi connectivity index (χ1v) is 17.0. The molecular formula is C30H56N4O10S. The van der Waals surface area contributed by atoms with Gasteiger partial charge in [-0.05, 0) is 75.7 Å². The standard InChI is InChI=1S/C30H56N4O10S/c1-22(21-45(39,40)41)31-24(35)12-11-23(27(38)44-30(8,9)10)34-17-15-32(19-25(36)42-28(2,3)4)13-14-33(16-18-34)20-26(37)43-29(5,6)7/h22-23H,11-21H2,1-10H3,(H,31,35)(H,39,40,41). The number of hydrogen-bond acceptors (Lipinski definition) is 12. The van der Waals surface area contributed by atoms with Gasteiger partial charge in [0.25, 0.3) is 10.1 Å². The summed E-state index contributed by atoms with van der Waals surface area (Å²) in [5.74, 6) is -2.45. The van der Waals surface area contributed by atoms with Gasteiger partial charge in [0.2, 0.25) is 5.91 Å². The van der Waals surface area contributed by atoms with Crippen molar-refractivity contribution in [3.05, 3.63) is 0 Å². The first kappa shape index (κ1) is 40.7. The SMILES string of the molecule is CC(CS(=O)(=O)O)NC(=O)CCC(C(=O)OC(C)(C)C)N1CCN(CC(=O)OC(C)(C)C)CCN(CC(=O)OC(C)(C)C)CC1. The molecule has 0 radical (unpaired) electrons. The molecule has 1 aliphatic heterocycles. The molecule has 262 valence electrons. The van der Waals surface area contributed by atoms with Gasteiger partial charge in [-0.3, -0.25) is 38.4 Å². The molecule has 0 bridgehead atoms. The van der Waals surface area contributed by atoms with E-state index >= 15 is 0 Å². The zero-order valence-corrected chi connectivity index (χ0v) is 29.6. The smallest absolute Gasteiger partial charge is 0.323 e. The Bertz CT molecular complexity index is 1070. The summed E-state index contributed by atoms with van der Waals surface area (Å²) in [6, 6.07) is -1.68. The van der Waals surface area contributed by atoms with Gasteiger partial charge in [-0.25, -0.2) is 0 Å². The number of rotatable bonds is 12. The number of hydrogen-bond donors (Lipinski definition) is 2. The van der Waals surface area contributed by atoms with Crippen molar-refractivity contribution in [1.29, 1.82) is 0 Å². The van der Waals surface area contributed by atoms with Crippen LogP contribution in [-0.4, -0.2) is 138 Å². The van der Waals surface area contributed by atoms with Crippen molar-refractivity contribution in [1.82, 2.24) is 20.0 Å². The Balaban J connectivity index is 3.25. The Morgan fingerprint density at radius 1 is 0.733 bits per heavy atom. The van der Waals surface area contributed by atoms with Gasteiger partial charge in [0.1, 0.15) is 22.8 Å². The second-order valence-corrected chi connectivity index (χ2v) is 16.1. The van der Waals surface area contributed by atoms with Crippen LogP contribution in [0.3, 0.4) is 0 Å². The molecule has 1 heterocycles. The first-order valence-electron chi connectivity index (χ1n) is 15.4. The van der Waals surface area contributed by atoms with Crippen LogP contribution < -0.4 is 5.32 Å². The summed E-state index contributed by atoms with van der Waals surface area (Å²) < 4.78 is 48.3. The van der Waals surface area contributed by atoms with Crippen molar-refractivity contribution in [2.24, 2.45) is 0 Å². The van der Waals surface area contributed by atoms with Gasteiger partial charge in [-0.15, -0.1) is 0 Å². The van der Waals surface area contributed by atoms with Crippen LogP contribution in [0, 0.1) is 0 Å². The van der Waals surface area contributed by atoms with Crippen molar-refractivity contribution >= 4 is 33.9 Å². The van der Waals surface area contributed by atoms with E-state index in [0.29, 0.717) is 39.3 Å². The molecule has 1 aliphatic rings. The van der Waals surface area contributed by atoms with Gasteiger partial charge in [-0.1, -0.05) is 0 Å². The summed E-state index contributed by atoms with van der Waals surface area (Å²) in [4.78, 5) is 57.4. The molecule has 2 atom stereocenters. The van der Waals surface area contributed by atoms with Crippen molar-refractivity contribution in [3.63, 3.8) is 0 Å². The number of carbonyl (C=O) groups is 4. The van der Waals surface area contributed by atoms with Gasteiger partial charge in [0, 0.05) is 51.7 Å². The molecule has 0 aliphatic carbocycles. The van der Waals surface area contributed by atoms with E-state index in [2.05, 4.69) is 5.32 Å². The van der Waals surface area contributed by atoms with E-state index in [1.807, 2.05) is 14.7 Å². The van der Waals surface area contributed by atoms with Gasteiger partial charge in [0.15, 0.2) is 0 Å². The summed E-state index contributed by atoms with van der Waals surface area (Å²) in [5, 5.41) is 2.54. The highest BCUT2D eigenvalue weighted by Crippen LogP contribution is 2.17. The molecule has 1 rings (SSSR count). The maximum absolute atomic E-state index is 13.5. The minimum absolute atomic E-state index is 0.0105. The maximum atomic E-state index is 13.5. The van der Waals surface area contributed by atoms with Gasteiger partial charge >= 0.3 is 17.9 Å². The van der Waals surface area contributed by atoms with E-state index in [9.17, 15) is 27.6 Å². The van der Waals surface area contributed by atoms with Crippen LogP contribution in [0.4, 0.5) is 0 Å². The zero-order valence-electron chi connectivity index (χ0n) is 28.8. The summed E-state index contributed by atoms with van der Waals surface area (Å²) >= 11 is 0. The fourth-order valence-electron chi connectivity index (χ4n) is 4.69. The zero-order chi connectivity index (χ0) is 34.8. The van der Waals surface area contributed by atoms with Crippen LogP contribution in [0.2, 0.25) is 0 Å². The van der Waals surface area contributed by atoms with Crippen LogP contribution in [0.1, 0.15) is 82.1 Å². The lowest BCUT2D eigenvalue weighted by Crippen LogP contribution is -2.49. The summed E-state index contributed by atoms with van der Waals surface area (Å²) in [6.45, 7) is 19.9. The minimum Gasteiger partial charge on any atom is -0.459 e. The molecule has 14 nitrogen and oxygen atoms in total. The second-order valence-electron chi connectivity index (χ2n) is 14.6. The van der Waals surface area contributed by atoms with E-state index in [4.69, 9.17) is 18.8 Å². The third-order valence-corrected chi connectivity index (χ3v) is 7.24. The predicted octanol–water partition coefficient (Wildman–Crippen LogP) is 1.47. The average Bonchev–Trinajstić information content (AvgIpc) is 2.86. The Morgan fingerprint density at radius 2 is 1.13 bits per heavy atom. The molecule has 2 N–H and O–H groups in total. The van der Waals surface area contributed by atoms with Crippen molar-refractivity contribution in [2.75, 3.05) is 58.1 Å². The van der Waals surface area contributed by atoms with Crippen LogP contribution in [0.25, 0.3) is 0 Å². The van der Waals surface area contributed by atoms with Crippen LogP contribution in [-0.2, 0) is 43.5 Å². The Labute approximate surface area is 269 Å². The van der Waals surface area contributed by atoms with Crippen LogP contribution in [0.5, 0.6) is 0 Å². The number of ether oxygens (including phenoxy) is 3. The highest BCUT2D eigenvalue weighted by molar-refractivity contribution is 7.85. The molecule has 1 amide bonds. The number of nitrogens with one attached hydrogen (secondary N) is 1. The number of carbonyl (C=O) groups excluding carboxylic acids is 4. The quantitative estimate of drug-likeness (QED) is 0.175.